The molecule has 5 aromatic carbocycles. The third kappa shape index (κ3) is 2.28. The zero-order valence-electron chi connectivity index (χ0n) is 16.8. The summed E-state index contributed by atoms with van der Waals surface area (Å²) < 4.78 is 24.3. The van der Waals surface area contributed by atoms with Gasteiger partial charge in [-0.15, -0.1) is 0 Å². The molecule has 32 heavy (non-hydrogen) atoms. The van der Waals surface area contributed by atoms with Gasteiger partial charge in [0.1, 0.15) is 11.4 Å². The van der Waals surface area contributed by atoms with E-state index in [9.17, 15) is 0 Å². The van der Waals surface area contributed by atoms with Crippen LogP contribution < -0.4 is 0 Å². The van der Waals surface area contributed by atoms with Gasteiger partial charge in [-0.25, -0.2) is 4.39 Å². The van der Waals surface area contributed by atoms with Crippen LogP contribution in [0.3, 0.4) is 0 Å². The first-order valence-corrected chi connectivity index (χ1v) is 11.2. The van der Waals surface area contributed by atoms with E-state index in [2.05, 4.69) is 52.3 Å². The fourth-order valence-electron chi connectivity index (χ4n) is 4.96. The average molecular weight is 480 g/mol. The Hall–Kier alpha value is -3.63. The molecule has 0 aliphatic rings. The van der Waals surface area contributed by atoms with Crippen LogP contribution >= 0.6 is 15.9 Å². The molecule has 2 heterocycles. The van der Waals surface area contributed by atoms with Gasteiger partial charge in [-0.2, -0.15) is 0 Å². The summed E-state index contributed by atoms with van der Waals surface area (Å²) in [6.45, 7) is 0. The molecule has 0 radical (unpaired) electrons. The minimum atomic E-state index is -0.251. The number of aromatic nitrogens is 1. The molecule has 7 aromatic rings. The van der Waals surface area contributed by atoms with E-state index in [1.54, 1.807) is 6.07 Å². The zero-order valence-corrected chi connectivity index (χ0v) is 18.4. The summed E-state index contributed by atoms with van der Waals surface area (Å²) in [4.78, 5) is 0. The van der Waals surface area contributed by atoms with Gasteiger partial charge in [0, 0.05) is 21.5 Å². The molecule has 0 bridgehead atoms. The number of furan rings is 1. The fourth-order valence-corrected chi connectivity index (χ4v) is 5.57. The minimum absolute atomic E-state index is 0.251. The molecule has 0 N–H and O–H groups in total. The Kier molecular flexibility index (Phi) is 3.62. The van der Waals surface area contributed by atoms with Crippen LogP contribution in [-0.2, 0) is 0 Å². The van der Waals surface area contributed by atoms with Crippen molar-refractivity contribution in [1.82, 2.24) is 4.57 Å². The molecule has 2 aromatic heterocycles. The molecule has 0 atom stereocenters. The Morgan fingerprint density at radius 3 is 2.38 bits per heavy atom. The monoisotopic (exact) mass is 479 g/mol. The second kappa shape index (κ2) is 6.44. The summed E-state index contributed by atoms with van der Waals surface area (Å²) in [6, 6.07) is 29.8. The van der Waals surface area contributed by atoms with Crippen molar-refractivity contribution in [2.24, 2.45) is 0 Å². The van der Waals surface area contributed by atoms with Gasteiger partial charge in [0.25, 0.3) is 0 Å². The van der Waals surface area contributed by atoms with Crippen LogP contribution in [0.25, 0.3) is 60.2 Å². The van der Waals surface area contributed by atoms with Gasteiger partial charge in [0.2, 0.25) is 0 Å². The highest BCUT2D eigenvalue weighted by Crippen LogP contribution is 2.42. The molecule has 0 saturated carbocycles. The zero-order chi connectivity index (χ0) is 21.4. The molecule has 152 valence electrons. The maximum atomic E-state index is 15.3. The maximum absolute atomic E-state index is 15.3. The van der Waals surface area contributed by atoms with Crippen molar-refractivity contribution >= 4 is 70.4 Å². The van der Waals surface area contributed by atoms with E-state index >= 15 is 4.39 Å². The smallest absolute Gasteiger partial charge is 0.151 e. The highest BCUT2D eigenvalue weighted by Gasteiger charge is 2.21. The summed E-state index contributed by atoms with van der Waals surface area (Å²) >= 11 is 3.79. The highest BCUT2D eigenvalue weighted by molar-refractivity contribution is 9.10. The summed E-state index contributed by atoms with van der Waals surface area (Å²) in [5.74, 6) is -0.251. The number of rotatable bonds is 1. The third-order valence-electron chi connectivity index (χ3n) is 6.33. The molecular formula is C28H15BrFNO. The first-order chi connectivity index (χ1) is 15.7. The Morgan fingerprint density at radius 2 is 1.47 bits per heavy atom. The predicted octanol–water partition coefficient (Wildman–Crippen LogP) is 8.74. The number of halogens is 2. The molecule has 4 heteroatoms. The van der Waals surface area contributed by atoms with Crippen LogP contribution in [0.1, 0.15) is 0 Å². The van der Waals surface area contributed by atoms with Crippen LogP contribution in [0, 0.1) is 5.82 Å². The first kappa shape index (κ1) is 18.0. The maximum Gasteiger partial charge on any atom is 0.151 e. The number of fused-ring (bicyclic) bond motifs is 8. The van der Waals surface area contributed by atoms with Crippen molar-refractivity contribution in [3.05, 3.63) is 101 Å². The van der Waals surface area contributed by atoms with Gasteiger partial charge in [-0.1, -0.05) is 60.7 Å². The highest BCUT2D eigenvalue weighted by atomic mass is 79.9. The molecule has 0 saturated heterocycles. The SMILES string of the molecule is Fc1cccc2c3c4ccccc4ccc3n(-c3ccc4c(oc5ccccc54)c3Br)c12. The van der Waals surface area contributed by atoms with Gasteiger partial charge < -0.3 is 8.98 Å². The molecule has 2 nitrogen and oxygen atoms in total. The summed E-state index contributed by atoms with van der Waals surface area (Å²) in [5, 5.41) is 6.29. The standard InChI is InChI=1S/C28H15BrFNO/c29-26-23(15-13-19-18-8-3-4-11-24(18)32-28(19)26)31-22-14-12-16-6-1-2-7-17(16)25(22)20-9-5-10-21(30)27(20)31/h1-15H. The quantitative estimate of drug-likeness (QED) is 0.230. The van der Waals surface area contributed by atoms with Crippen molar-refractivity contribution in [2.45, 2.75) is 0 Å². The lowest BCUT2D eigenvalue weighted by atomic mass is 10.0. The summed E-state index contributed by atoms with van der Waals surface area (Å²) in [6.07, 6.45) is 0. The van der Waals surface area contributed by atoms with Gasteiger partial charge >= 0.3 is 0 Å². The number of para-hydroxylation sites is 2. The Balaban J connectivity index is 1.68. The average Bonchev–Trinajstić information content (AvgIpc) is 3.37. The van der Waals surface area contributed by atoms with Crippen LogP contribution in [0.5, 0.6) is 0 Å². The van der Waals surface area contributed by atoms with Crippen molar-refractivity contribution < 1.29 is 8.81 Å². The van der Waals surface area contributed by atoms with Gasteiger partial charge in [0.05, 0.1) is 21.2 Å². The fraction of sp³-hybridized carbons (Fsp3) is 0. The van der Waals surface area contributed by atoms with E-state index in [0.29, 0.717) is 5.52 Å². The van der Waals surface area contributed by atoms with Gasteiger partial charge in [-0.3, -0.25) is 0 Å². The third-order valence-corrected chi connectivity index (χ3v) is 7.10. The molecule has 0 amide bonds. The van der Waals surface area contributed by atoms with Crippen molar-refractivity contribution in [1.29, 1.82) is 0 Å². The van der Waals surface area contributed by atoms with E-state index in [-0.39, 0.29) is 5.82 Å². The molecule has 0 spiro atoms. The van der Waals surface area contributed by atoms with Crippen LogP contribution in [-0.4, -0.2) is 4.57 Å². The Bertz CT molecular complexity index is 1860. The number of hydrogen-bond donors (Lipinski definition) is 0. The predicted molar refractivity (Wildman–Crippen MR) is 133 cm³/mol. The first-order valence-electron chi connectivity index (χ1n) is 10.4. The van der Waals surface area contributed by atoms with E-state index < -0.39 is 0 Å². The van der Waals surface area contributed by atoms with E-state index in [4.69, 9.17) is 4.42 Å². The van der Waals surface area contributed by atoms with Crippen molar-refractivity contribution in [3.8, 4) is 5.69 Å². The van der Waals surface area contributed by atoms with Gasteiger partial charge in [0.15, 0.2) is 5.58 Å². The lowest BCUT2D eigenvalue weighted by molar-refractivity contribution is 0.635. The van der Waals surface area contributed by atoms with Crippen LogP contribution in [0.4, 0.5) is 4.39 Å². The van der Waals surface area contributed by atoms with Gasteiger partial charge in [-0.05, 0) is 57.0 Å². The number of hydrogen-bond acceptors (Lipinski definition) is 1. The van der Waals surface area contributed by atoms with Crippen LogP contribution in [0.15, 0.2) is 99.9 Å². The van der Waals surface area contributed by atoms with Crippen LogP contribution in [0.2, 0.25) is 0 Å². The molecule has 0 unspecified atom stereocenters. The van der Waals surface area contributed by atoms with E-state index in [1.807, 2.05) is 47.0 Å². The minimum Gasteiger partial charge on any atom is -0.455 e. The second-order valence-corrected chi connectivity index (χ2v) is 8.82. The van der Waals surface area contributed by atoms with Crippen molar-refractivity contribution in [3.63, 3.8) is 0 Å². The lowest BCUT2D eigenvalue weighted by Crippen LogP contribution is -1.97. The molecular weight excluding hydrogens is 465 g/mol. The summed E-state index contributed by atoms with van der Waals surface area (Å²) in [7, 11) is 0. The second-order valence-electron chi connectivity index (χ2n) is 8.03. The number of benzene rings is 5. The molecule has 7 rings (SSSR count). The topological polar surface area (TPSA) is 18.1 Å². The lowest BCUT2D eigenvalue weighted by Gasteiger charge is -2.11. The molecule has 0 fully saturated rings. The molecule has 0 aliphatic heterocycles. The molecule has 0 aliphatic carbocycles. The normalized spacial score (nSPS) is 12.1. The van der Waals surface area contributed by atoms with Crippen molar-refractivity contribution in [2.75, 3.05) is 0 Å². The largest absolute Gasteiger partial charge is 0.455 e. The number of nitrogens with zero attached hydrogens (tertiary/aromatic N) is 1. The van der Waals surface area contributed by atoms with E-state index in [1.165, 1.54) is 6.07 Å². The summed E-state index contributed by atoms with van der Waals surface area (Å²) in [5.41, 5.74) is 3.96. The Labute approximate surface area is 190 Å². The van der Waals surface area contributed by atoms with E-state index in [0.717, 1.165) is 59.2 Å². The Morgan fingerprint density at radius 1 is 0.688 bits per heavy atom.